The second-order valence-corrected chi connectivity index (χ2v) is 7.72. The van der Waals surface area contributed by atoms with Crippen LogP contribution in [0.2, 0.25) is 0 Å². The molecule has 0 N–H and O–H groups in total. The van der Waals surface area contributed by atoms with Crippen LogP contribution >= 0.6 is 0 Å². The summed E-state index contributed by atoms with van der Waals surface area (Å²) in [6.45, 7) is 0.499. The number of hydrogen-bond donors (Lipinski definition) is 0. The average molecular weight is 336 g/mol. The molecule has 0 aromatic carbocycles. The molecule has 0 amide bonds. The molecule has 2 heterocycles. The predicted molar refractivity (Wildman–Crippen MR) is 71.8 cm³/mol. The number of aromatic nitrogens is 1. The van der Waals surface area contributed by atoms with E-state index in [1.54, 1.807) is 0 Å². The fourth-order valence-electron chi connectivity index (χ4n) is 2.42. The molecular formula is C13H15F3N2O3S. The van der Waals surface area contributed by atoms with Crippen LogP contribution in [0.25, 0.3) is 0 Å². The highest BCUT2D eigenvalue weighted by atomic mass is 32.2. The summed E-state index contributed by atoms with van der Waals surface area (Å²) >= 11 is 0. The summed E-state index contributed by atoms with van der Waals surface area (Å²) in [6.07, 6.45) is -2.09. The van der Waals surface area contributed by atoms with Crippen molar-refractivity contribution >= 4 is 10.0 Å². The van der Waals surface area contributed by atoms with E-state index in [2.05, 4.69) is 4.98 Å². The number of rotatable bonds is 4. The lowest BCUT2D eigenvalue weighted by molar-refractivity contribution is -0.137. The number of halogens is 3. The minimum atomic E-state index is -4.46. The van der Waals surface area contributed by atoms with Crippen molar-refractivity contribution in [3.8, 4) is 5.88 Å². The van der Waals surface area contributed by atoms with Gasteiger partial charge in [-0.25, -0.2) is 13.4 Å². The molecule has 0 unspecified atom stereocenters. The Morgan fingerprint density at radius 3 is 2.64 bits per heavy atom. The predicted octanol–water partition coefficient (Wildman–Crippen LogP) is 2.05. The zero-order valence-electron chi connectivity index (χ0n) is 11.6. The summed E-state index contributed by atoms with van der Waals surface area (Å²) in [4.78, 5) is 3.76. The molecule has 0 spiro atoms. The maximum absolute atomic E-state index is 12.6. The van der Waals surface area contributed by atoms with Crippen LogP contribution in [0.15, 0.2) is 18.3 Å². The first kappa shape index (κ1) is 15.5. The van der Waals surface area contributed by atoms with Gasteiger partial charge in [0.2, 0.25) is 15.9 Å². The molecule has 1 saturated heterocycles. The van der Waals surface area contributed by atoms with Gasteiger partial charge in [0.25, 0.3) is 0 Å². The van der Waals surface area contributed by atoms with Gasteiger partial charge in [-0.2, -0.15) is 17.5 Å². The lowest BCUT2D eigenvalue weighted by Gasteiger charge is -2.17. The summed E-state index contributed by atoms with van der Waals surface area (Å²) in [6, 6.07) is 1.70. The van der Waals surface area contributed by atoms with Gasteiger partial charge in [-0.1, -0.05) is 0 Å². The highest BCUT2D eigenvalue weighted by Gasteiger charge is 2.43. The summed E-state index contributed by atoms with van der Waals surface area (Å²) in [5.74, 6) is -0.134. The normalized spacial score (nSPS) is 23.7. The molecule has 0 bridgehead atoms. The third kappa shape index (κ3) is 3.19. The van der Waals surface area contributed by atoms with Gasteiger partial charge in [0.05, 0.1) is 17.4 Å². The second-order valence-electron chi connectivity index (χ2n) is 5.51. The standard InChI is InChI=1S/C13H15F3N2O3S/c14-13(15,16)9-3-5-17-12(7-9)21-10-4-6-18(8-10)22(19,20)11-1-2-11/h3,5,7,10-11H,1-2,4,6,8H2/t10-/m1/s1. The van der Waals surface area contributed by atoms with E-state index < -0.39 is 27.9 Å². The number of ether oxygens (including phenoxy) is 1. The van der Waals surface area contributed by atoms with Gasteiger partial charge in [-0.05, 0) is 25.3 Å². The Morgan fingerprint density at radius 1 is 1.27 bits per heavy atom. The maximum Gasteiger partial charge on any atom is 0.416 e. The quantitative estimate of drug-likeness (QED) is 0.844. The maximum atomic E-state index is 12.6. The molecule has 0 radical (unpaired) electrons. The summed E-state index contributed by atoms with van der Waals surface area (Å²) in [5.41, 5.74) is -0.835. The summed E-state index contributed by atoms with van der Waals surface area (Å²) < 4.78 is 68.8. The molecule has 1 atom stereocenters. The third-order valence-electron chi connectivity index (χ3n) is 3.76. The van der Waals surface area contributed by atoms with Crippen LogP contribution in [0.3, 0.4) is 0 Å². The summed E-state index contributed by atoms with van der Waals surface area (Å²) in [7, 11) is -3.27. The van der Waals surface area contributed by atoms with Crippen molar-refractivity contribution < 1.29 is 26.3 Å². The van der Waals surface area contributed by atoms with E-state index in [0.29, 0.717) is 25.8 Å². The minimum Gasteiger partial charge on any atom is -0.473 e. The van der Waals surface area contributed by atoms with Crippen molar-refractivity contribution in [1.29, 1.82) is 0 Å². The van der Waals surface area contributed by atoms with Crippen molar-refractivity contribution in [1.82, 2.24) is 9.29 Å². The van der Waals surface area contributed by atoms with E-state index in [4.69, 9.17) is 4.74 Å². The molecule has 9 heteroatoms. The van der Waals surface area contributed by atoms with Crippen LogP contribution in [0.1, 0.15) is 24.8 Å². The summed E-state index contributed by atoms with van der Waals surface area (Å²) in [5, 5.41) is -0.294. The lowest BCUT2D eigenvalue weighted by atomic mass is 10.2. The van der Waals surface area contributed by atoms with Crippen molar-refractivity contribution in [2.24, 2.45) is 0 Å². The third-order valence-corrected chi connectivity index (χ3v) is 6.13. The Bertz CT molecular complexity index is 659. The fraction of sp³-hybridized carbons (Fsp3) is 0.615. The van der Waals surface area contributed by atoms with Gasteiger partial charge >= 0.3 is 6.18 Å². The van der Waals surface area contributed by atoms with Gasteiger partial charge < -0.3 is 4.74 Å². The van der Waals surface area contributed by atoms with E-state index in [-0.39, 0.29) is 17.7 Å². The Labute approximate surface area is 126 Å². The van der Waals surface area contributed by atoms with Crippen LogP contribution in [0.4, 0.5) is 13.2 Å². The van der Waals surface area contributed by atoms with Gasteiger partial charge in [-0.15, -0.1) is 0 Å². The molecule has 122 valence electrons. The van der Waals surface area contributed by atoms with Crippen LogP contribution in [-0.4, -0.2) is 42.2 Å². The molecule has 1 aliphatic carbocycles. The van der Waals surface area contributed by atoms with Crippen LogP contribution < -0.4 is 4.74 Å². The zero-order valence-corrected chi connectivity index (χ0v) is 12.4. The fourth-order valence-corrected chi connectivity index (χ4v) is 4.31. The van der Waals surface area contributed by atoms with Crippen molar-refractivity contribution in [2.45, 2.75) is 36.8 Å². The number of sulfonamides is 1. The molecular weight excluding hydrogens is 321 g/mol. The highest BCUT2D eigenvalue weighted by molar-refractivity contribution is 7.90. The van der Waals surface area contributed by atoms with Gasteiger partial charge in [-0.3, -0.25) is 0 Å². The molecule has 2 fully saturated rings. The Hall–Kier alpha value is -1.35. The Kier molecular flexibility index (Phi) is 3.80. The number of pyridine rings is 1. The van der Waals surface area contributed by atoms with Crippen LogP contribution in [0, 0.1) is 0 Å². The average Bonchev–Trinajstić information content (AvgIpc) is 3.20. The molecule has 1 aromatic heterocycles. The smallest absolute Gasteiger partial charge is 0.416 e. The van der Waals surface area contributed by atoms with Crippen LogP contribution in [-0.2, 0) is 16.2 Å². The van der Waals surface area contributed by atoms with Gasteiger partial charge in [0.15, 0.2) is 0 Å². The number of nitrogens with zero attached hydrogens (tertiary/aromatic N) is 2. The van der Waals surface area contributed by atoms with Crippen molar-refractivity contribution in [3.63, 3.8) is 0 Å². The Morgan fingerprint density at radius 2 is 2.00 bits per heavy atom. The molecule has 3 rings (SSSR count). The number of alkyl halides is 3. The van der Waals surface area contributed by atoms with Gasteiger partial charge in [0, 0.05) is 18.8 Å². The lowest BCUT2D eigenvalue weighted by Crippen LogP contribution is -2.33. The minimum absolute atomic E-state index is 0.134. The monoisotopic (exact) mass is 336 g/mol. The number of hydrogen-bond acceptors (Lipinski definition) is 4. The SMILES string of the molecule is O=S(=O)(C1CC1)N1CC[C@@H](Oc2cc(C(F)(F)F)ccn2)C1. The zero-order chi connectivity index (χ0) is 16.0. The highest BCUT2D eigenvalue weighted by Crippen LogP contribution is 2.34. The molecule has 5 nitrogen and oxygen atoms in total. The van der Waals surface area contributed by atoms with E-state index in [0.717, 1.165) is 18.3 Å². The van der Waals surface area contributed by atoms with Gasteiger partial charge in [0.1, 0.15) is 6.10 Å². The van der Waals surface area contributed by atoms with Crippen molar-refractivity contribution in [2.75, 3.05) is 13.1 Å². The first-order valence-corrected chi connectivity index (χ1v) is 8.46. The largest absolute Gasteiger partial charge is 0.473 e. The molecule has 1 aliphatic heterocycles. The molecule has 2 aliphatic rings. The van der Waals surface area contributed by atoms with E-state index in [1.807, 2.05) is 0 Å². The molecule has 1 saturated carbocycles. The second kappa shape index (κ2) is 5.38. The first-order valence-electron chi connectivity index (χ1n) is 6.95. The van der Waals surface area contributed by atoms with Crippen LogP contribution in [0.5, 0.6) is 5.88 Å². The Balaban J connectivity index is 1.65. The van der Waals surface area contributed by atoms with E-state index >= 15 is 0 Å². The molecule has 22 heavy (non-hydrogen) atoms. The van der Waals surface area contributed by atoms with E-state index in [9.17, 15) is 21.6 Å². The molecule has 1 aromatic rings. The topological polar surface area (TPSA) is 59.5 Å². The first-order chi connectivity index (χ1) is 10.3. The van der Waals surface area contributed by atoms with Crippen molar-refractivity contribution in [3.05, 3.63) is 23.9 Å². The van der Waals surface area contributed by atoms with E-state index in [1.165, 1.54) is 4.31 Å².